The lowest BCUT2D eigenvalue weighted by Gasteiger charge is -2.35. The van der Waals surface area contributed by atoms with Crippen LogP contribution >= 0.6 is 0 Å². The lowest BCUT2D eigenvalue weighted by Crippen LogP contribution is -2.38. The highest BCUT2D eigenvalue weighted by Gasteiger charge is 2.47. The highest BCUT2D eigenvalue weighted by atomic mass is 16.5. The van der Waals surface area contributed by atoms with Crippen LogP contribution in [0.2, 0.25) is 0 Å². The lowest BCUT2D eigenvalue weighted by atomic mass is 9.80. The maximum Gasteiger partial charge on any atom is 0.125 e. The Labute approximate surface area is 150 Å². The van der Waals surface area contributed by atoms with Gasteiger partial charge < -0.3 is 14.7 Å². The number of nitrogens with zero attached hydrogens (tertiary/aromatic N) is 1. The molecule has 1 aliphatic carbocycles. The second kappa shape index (κ2) is 7.42. The molecule has 0 heterocycles. The van der Waals surface area contributed by atoms with Crippen molar-refractivity contribution in [2.24, 2.45) is 5.92 Å². The largest absolute Gasteiger partial charge is 0.496 e. The van der Waals surface area contributed by atoms with Crippen molar-refractivity contribution in [2.45, 2.75) is 18.4 Å². The molecule has 2 aromatic carbocycles. The Morgan fingerprint density at radius 1 is 1.12 bits per heavy atom. The van der Waals surface area contributed by atoms with Crippen LogP contribution in [0.15, 0.2) is 60.2 Å². The van der Waals surface area contributed by atoms with Crippen LogP contribution in [0.4, 0.5) is 0 Å². The van der Waals surface area contributed by atoms with E-state index in [1.165, 1.54) is 0 Å². The minimum Gasteiger partial charge on any atom is -0.496 e. The molecule has 25 heavy (non-hydrogen) atoms. The van der Waals surface area contributed by atoms with Gasteiger partial charge in [-0.15, -0.1) is 0 Å². The molecule has 132 valence electrons. The first kappa shape index (κ1) is 17.7. The molecule has 2 unspecified atom stereocenters. The van der Waals surface area contributed by atoms with Crippen molar-refractivity contribution >= 4 is 6.08 Å². The van der Waals surface area contributed by atoms with Gasteiger partial charge in [0.05, 0.1) is 7.11 Å². The molecule has 0 aromatic heterocycles. The third-order valence-electron chi connectivity index (χ3n) is 5.09. The van der Waals surface area contributed by atoms with Gasteiger partial charge in [0.15, 0.2) is 0 Å². The Balaban J connectivity index is 2.11. The van der Waals surface area contributed by atoms with Crippen molar-refractivity contribution in [1.82, 2.24) is 4.90 Å². The van der Waals surface area contributed by atoms with Gasteiger partial charge in [-0.25, -0.2) is 0 Å². The predicted molar refractivity (Wildman–Crippen MR) is 103 cm³/mol. The summed E-state index contributed by atoms with van der Waals surface area (Å²) in [4.78, 5) is 2.15. The molecule has 2 aromatic rings. The van der Waals surface area contributed by atoms with Gasteiger partial charge in [0.25, 0.3) is 0 Å². The van der Waals surface area contributed by atoms with Gasteiger partial charge in [-0.1, -0.05) is 54.6 Å². The van der Waals surface area contributed by atoms with Gasteiger partial charge in [0, 0.05) is 18.0 Å². The van der Waals surface area contributed by atoms with Gasteiger partial charge in [0.1, 0.15) is 11.4 Å². The van der Waals surface area contributed by atoms with Crippen LogP contribution in [0.5, 0.6) is 5.75 Å². The van der Waals surface area contributed by atoms with Crippen LogP contribution in [0.3, 0.4) is 0 Å². The fourth-order valence-corrected chi connectivity index (χ4v) is 3.94. The molecular formula is C22H27NO2. The van der Waals surface area contributed by atoms with Gasteiger partial charge in [0.2, 0.25) is 0 Å². The first-order valence-corrected chi connectivity index (χ1v) is 8.82. The van der Waals surface area contributed by atoms with E-state index in [1.807, 2.05) is 42.5 Å². The summed E-state index contributed by atoms with van der Waals surface area (Å²) in [5.41, 5.74) is 2.04. The smallest absolute Gasteiger partial charge is 0.125 e. The molecular weight excluding hydrogens is 310 g/mol. The van der Waals surface area contributed by atoms with Crippen LogP contribution in [0.25, 0.3) is 6.08 Å². The average Bonchev–Trinajstić information content (AvgIpc) is 2.92. The topological polar surface area (TPSA) is 32.7 Å². The van der Waals surface area contributed by atoms with Crippen molar-refractivity contribution < 1.29 is 9.84 Å². The Morgan fingerprint density at radius 3 is 2.48 bits per heavy atom. The summed E-state index contributed by atoms with van der Waals surface area (Å²) in [5, 5.41) is 11.9. The predicted octanol–water partition coefficient (Wildman–Crippen LogP) is 3.94. The molecule has 0 aliphatic heterocycles. The van der Waals surface area contributed by atoms with Crippen molar-refractivity contribution in [1.29, 1.82) is 0 Å². The zero-order chi connectivity index (χ0) is 17.9. The number of hydrogen-bond acceptors (Lipinski definition) is 3. The summed E-state index contributed by atoms with van der Waals surface area (Å²) in [6, 6.07) is 18.1. The third kappa shape index (κ3) is 3.48. The molecule has 2 atom stereocenters. The maximum atomic E-state index is 11.9. The normalized spacial score (nSPS) is 24.8. The molecule has 1 saturated carbocycles. The fourth-order valence-electron chi connectivity index (χ4n) is 3.94. The van der Waals surface area contributed by atoms with Crippen molar-refractivity contribution in [3.8, 4) is 5.75 Å². The Bertz CT molecular complexity index is 739. The molecule has 3 rings (SSSR count). The fraction of sp³-hybridized carbons (Fsp3) is 0.364. The molecule has 0 amide bonds. The van der Waals surface area contributed by atoms with E-state index in [0.717, 1.165) is 41.8 Å². The number of rotatable bonds is 5. The standard InChI is InChI=1S/C22H27NO2/c1-23(2)16-19-14-13-18(15-17-9-5-4-6-10-17)22(19,24)20-11-7-8-12-21(20)25-3/h4-12,15,19,24H,13-14,16H2,1-3H3/b18-15-. The first-order chi connectivity index (χ1) is 12.1. The van der Waals surface area contributed by atoms with Crippen LogP contribution in [-0.4, -0.2) is 37.8 Å². The lowest BCUT2D eigenvalue weighted by molar-refractivity contribution is 0.0196. The molecule has 1 N–H and O–H groups in total. The van der Waals surface area contributed by atoms with Crippen LogP contribution < -0.4 is 4.74 Å². The number of para-hydroxylation sites is 1. The van der Waals surface area contributed by atoms with E-state index in [9.17, 15) is 5.11 Å². The average molecular weight is 337 g/mol. The number of benzene rings is 2. The quantitative estimate of drug-likeness (QED) is 0.897. The molecule has 0 spiro atoms. The SMILES string of the molecule is COc1ccccc1C1(O)/C(=C\c2ccccc2)CCC1CN(C)C. The molecule has 1 fully saturated rings. The number of ether oxygens (including phenoxy) is 1. The van der Waals surface area contributed by atoms with Gasteiger partial charge in [-0.3, -0.25) is 0 Å². The van der Waals surface area contributed by atoms with Gasteiger partial charge in [-0.2, -0.15) is 0 Å². The van der Waals surface area contributed by atoms with Crippen LogP contribution in [0, 0.1) is 5.92 Å². The van der Waals surface area contributed by atoms with Gasteiger partial charge >= 0.3 is 0 Å². The van der Waals surface area contributed by atoms with Crippen LogP contribution in [0.1, 0.15) is 24.0 Å². The second-order valence-electron chi connectivity index (χ2n) is 7.04. The monoisotopic (exact) mass is 337 g/mol. The number of hydrogen-bond donors (Lipinski definition) is 1. The van der Waals surface area contributed by atoms with E-state index in [1.54, 1.807) is 7.11 Å². The summed E-state index contributed by atoms with van der Waals surface area (Å²) in [7, 11) is 5.78. The summed E-state index contributed by atoms with van der Waals surface area (Å²) in [6.07, 6.45) is 4.00. The van der Waals surface area contributed by atoms with E-state index in [0.29, 0.717) is 0 Å². The number of methoxy groups -OCH3 is 1. The summed E-state index contributed by atoms with van der Waals surface area (Å²) in [6.45, 7) is 0.834. The Morgan fingerprint density at radius 2 is 1.80 bits per heavy atom. The summed E-state index contributed by atoms with van der Waals surface area (Å²) < 4.78 is 5.57. The third-order valence-corrected chi connectivity index (χ3v) is 5.09. The molecule has 3 nitrogen and oxygen atoms in total. The highest BCUT2D eigenvalue weighted by molar-refractivity contribution is 5.59. The molecule has 0 saturated heterocycles. The van der Waals surface area contributed by atoms with E-state index in [4.69, 9.17) is 4.74 Å². The first-order valence-electron chi connectivity index (χ1n) is 8.82. The van der Waals surface area contributed by atoms with E-state index in [-0.39, 0.29) is 5.92 Å². The molecule has 1 aliphatic rings. The van der Waals surface area contributed by atoms with E-state index in [2.05, 4.69) is 37.2 Å². The minimum atomic E-state index is -1.01. The molecule has 3 heteroatoms. The van der Waals surface area contributed by atoms with Crippen molar-refractivity contribution in [2.75, 3.05) is 27.7 Å². The number of aliphatic hydroxyl groups is 1. The summed E-state index contributed by atoms with van der Waals surface area (Å²) >= 11 is 0. The van der Waals surface area contributed by atoms with Crippen LogP contribution in [-0.2, 0) is 5.60 Å². The summed E-state index contributed by atoms with van der Waals surface area (Å²) in [5.74, 6) is 0.878. The van der Waals surface area contributed by atoms with E-state index >= 15 is 0 Å². The molecule has 0 bridgehead atoms. The molecule has 0 radical (unpaired) electrons. The second-order valence-corrected chi connectivity index (χ2v) is 7.04. The Kier molecular flexibility index (Phi) is 5.26. The zero-order valence-electron chi connectivity index (χ0n) is 15.3. The minimum absolute atomic E-state index is 0.133. The van der Waals surface area contributed by atoms with Gasteiger partial charge in [-0.05, 0) is 44.1 Å². The highest BCUT2D eigenvalue weighted by Crippen LogP contribution is 2.50. The zero-order valence-corrected chi connectivity index (χ0v) is 15.3. The van der Waals surface area contributed by atoms with Crippen molar-refractivity contribution in [3.63, 3.8) is 0 Å². The van der Waals surface area contributed by atoms with Crippen molar-refractivity contribution in [3.05, 3.63) is 71.3 Å². The maximum absolute atomic E-state index is 11.9. The van der Waals surface area contributed by atoms with E-state index < -0.39 is 5.60 Å². The Hall–Kier alpha value is -2.10.